The van der Waals surface area contributed by atoms with Crippen molar-refractivity contribution < 1.29 is 4.39 Å². The monoisotopic (exact) mass is 134 g/mol. The van der Waals surface area contributed by atoms with Gasteiger partial charge in [0.1, 0.15) is 5.02 Å². The fourth-order valence-corrected chi connectivity index (χ4v) is 0.474. The Morgan fingerprint density at radius 2 is 2.38 bits per heavy atom. The predicted molar refractivity (Wildman–Crippen MR) is 28.3 cm³/mol. The Hall–Kier alpha value is -0.570. The summed E-state index contributed by atoms with van der Waals surface area (Å²) in [6, 6.07) is 0. The molecule has 1 heterocycles. The summed E-state index contributed by atoms with van der Waals surface area (Å²) < 4.78 is 12.1. The van der Waals surface area contributed by atoms with E-state index in [0.29, 0.717) is 5.69 Å². The van der Waals surface area contributed by atoms with Crippen molar-refractivity contribution in [3.05, 3.63) is 16.7 Å². The van der Waals surface area contributed by atoms with Gasteiger partial charge in [0, 0.05) is 0 Å². The number of rotatable bonds is 0. The van der Waals surface area contributed by atoms with E-state index in [9.17, 15) is 4.39 Å². The van der Waals surface area contributed by atoms with Crippen molar-refractivity contribution in [3.63, 3.8) is 0 Å². The van der Waals surface area contributed by atoms with E-state index in [1.807, 2.05) is 0 Å². The average molecular weight is 135 g/mol. The molecule has 2 nitrogen and oxygen atoms in total. The third-order valence-corrected chi connectivity index (χ3v) is 1.27. The molecule has 0 aliphatic carbocycles. The van der Waals surface area contributed by atoms with E-state index >= 15 is 0 Å². The number of nitrogens with one attached hydrogen (secondary N) is 1. The van der Waals surface area contributed by atoms with Crippen LogP contribution in [0.3, 0.4) is 0 Å². The van der Waals surface area contributed by atoms with E-state index in [1.54, 1.807) is 6.92 Å². The first-order valence-corrected chi connectivity index (χ1v) is 2.45. The smallest absolute Gasteiger partial charge is 0.227 e. The summed E-state index contributed by atoms with van der Waals surface area (Å²) >= 11 is 5.32. The zero-order valence-corrected chi connectivity index (χ0v) is 4.96. The van der Waals surface area contributed by atoms with Crippen LogP contribution >= 0.6 is 11.6 Å². The number of nitrogens with zero attached hydrogens (tertiary/aromatic N) is 1. The van der Waals surface area contributed by atoms with E-state index in [-0.39, 0.29) is 5.02 Å². The molecule has 0 radical (unpaired) electrons. The highest BCUT2D eigenvalue weighted by molar-refractivity contribution is 6.31. The van der Waals surface area contributed by atoms with E-state index < -0.39 is 5.95 Å². The normalized spacial score (nSPS) is 9.88. The maximum atomic E-state index is 12.1. The molecule has 0 saturated carbocycles. The number of hydrogen-bond acceptors (Lipinski definition) is 1. The molecule has 0 saturated heterocycles. The average Bonchev–Trinajstić information content (AvgIpc) is 1.98. The molecule has 1 aromatic heterocycles. The lowest BCUT2D eigenvalue weighted by molar-refractivity contribution is 0.579. The Morgan fingerprint density at radius 1 is 1.75 bits per heavy atom. The summed E-state index contributed by atoms with van der Waals surface area (Å²) in [5, 5.41) is 5.65. The van der Waals surface area contributed by atoms with Crippen molar-refractivity contribution in [3.8, 4) is 0 Å². The lowest BCUT2D eigenvalue weighted by Crippen LogP contribution is -1.69. The van der Waals surface area contributed by atoms with Crippen LogP contribution in [0.5, 0.6) is 0 Å². The Labute approximate surface area is 50.7 Å². The molecule has 0 spiro atoms. The molecule has 8 heavy (non-hydrogen) atoms. The largest absolute Gasteiger partial charge is 0.251 e. The molecule has 0 unspecified atom stereocenters. The van der Waals surface area contributed by atoms with Gasteiger partial charge >= 0.3 is 0 Å². The fourth-order valence-electron chi connectivity index (χ4n) is 0.390. The van der Waals surface area contributed by atoms with Gasteiger partial charge in [0.15, 0.2) is 0 Å². The van der Waals surface area contributed by atoms with Gasteiger partial charge < -0.3 is 0 Å². The van der Waals surface area contributed by atoms with Crippen LogP contribution in [0, 0.1) is 12.9 Å². The predicted octanol–water partition coefficient (Wildman–Crippen LogP) is 1.51. The second kappa shape index (κ2) is 1.74. The Kier molecular flexibility index (Phi) is 1.21. The second-order valence-corrected chi connectivity index (χ2v) is 1.81. The van der Waals surface area contributed by atoms with Crippen molar-refractivity contribution in [2.75, 3.05) is 0 Å². The number of halogens is 2. The standard InChI is InChI=1S/C4H4ClFN2/c1-2-3(5)4(6)8-7-2/h1H3,(H,7,8). The summed E-state index contributed by atoms with van der Waals surface area (Å²) in [6.45, 7) is 1.63. The number of hydrogen-bond donors (Lipinski definition) is 1. The molecule has 1 N–H and O–H groups in total. The molecule has 0 bridgehead atoms. The van der Waals surface area contributed by atoms with Crippen LogP contribution in [0.25, 0.3) is 0 Å². The lowest BCUT2D eigenvalue weighted by Gasteiger charge is -1.76. The zero-order chi connectivity index (χ0) is 6.15. The molecular weight excluding hydrogens is 131 g/mol. The first-order valence-electron chi connectivity index (χ1n) is 2.08. The van der Waals surface area contributed by atoms with Crippen molar-refractivity contribution in [1.82, 2.24) is 10.2 Å². The van der Waals surface area contributed by atoms with Crippen molar-refractivity contribution in [2.24, 2.45) is 0 Å². The summed E-state index contributed by atoms with van der Waals surface area (Å²) in [5.74, 6) is -0.566. The SMILES string of the molecule is Cc1n[nH]c(F)c1Cl. The molecular formula is C4H4ClFN2. The highest BCUT2D eigenvalue weighted by atomic mass is 35.5. The number of aromatic nitrogens is 2. The van der Waals surface area contributed by atoms with Crippen LogP contribution in [-0.2, 0) is 0 Å². The van der Waals surface area contributed by atoms with Gasteiger partial charge in [0.05, 0.1) is 5.69 Å². The van der Waals surface area contributed by atoms with Gasteiger partial charge in [-0.05, 0) is 6.92 Å². The Morgan fingerprint density at radius 3 is 2.50 bits per heavy atom. The van der Waals surface area contributed by atoms with Gasteiger partial charge in [-0.15, -0.1) is 0 Å². The molecule has 44 valence electrons. The van der Waals surface area contributed by atoms with Crippen molar-refractivity contribution >= 4 is 11.6 Å². The maximum absolute atomic E-state index is 12.1. The number of H-pyrrole nitrogens is 1. The van der Waals surface area contributed by atoms with Crippen LogP contribution in [0.2, 0.25) is 5.02 Å². The van der Waals surface area contributed by atoms with Gasteiger partial charge in [-0.1, -0.05) is 11.6 Å². The number of aromatic amines is 1. The maximum Gasteiger partial charge on any atom is 0.227 e. The molecule has 0 atom stereocenters. The molecule has 0 aliphatic heterocycles. The van der Waals surface area contributed by atoms with E-state index in [2.05, 4.69) is 10.2 Å². The third-order valence-electron chi connectivity index (χ3n) is 0.832. The minimum atomic E-state index is -0.566. The summed E-state index contributed by atoms with van der Waals surface area (Å²) in [7, 11) is 0. The summed E-state index contributed by atoms with van der Waals surface area (Å²) in [6.07, 6.45) is 0. The number of aryl methyl sites for hydroxylation is 1. The zero-order valence-electron chi connectivity index (χ0n) is 4.20. The molecule has 4 heteroatoms. The van der Waals surface area contributed by atoms with Gasteiger partial charge in [0.25, 0.3) is 0 Å². The van der Waals surface area contributed by atoms with E-state index in [4.69, 9.17) is 11.6 Å². The Balaban J connectivity index is 3.19. The molecule has 0 fully saturated rings. The molecule has 0 aliphatic rings. The van der Waals surface area contributed by atoms with Crippen molar-refractivity contribution in [1.29, 1.82) is 0 Å². The van der Waals surface area contributed by atoms with Crippen LogP contribution in [0.15, 0.2) is 0 Å². The fraction of sp³-hybridized carbons (Fsp3) is 0.250. The molecule has 0 amide bonds. The van der Waals surface area contributed by atoms with Crippen LogP contribution in [0.4, 0.5) is 4.39 Å². The minimum Gasteiger partial charge on any atom is -0.251 e. The highest BCUT2D eigenvalue weighted by Crippen LogP contribution is 2.13. The first-order chi connectivity index (χ1) is 3.72. The third kappa shape index (κ3) is 0.690. The van der Waals surface area contributed by atoms with Crippen LogP contribution < -0.4 is 0 Å². The van der Waals surface area contributed by atoms with Crippen LogP contribution in [-0.4, -0.2) is 10.2 Å². The quantitative estimate of drug-likeness (QED) is 0.573. The van der Waals surface area contributed by atoms with Gasteiger partial charge in [-0.25, -0.2) is 0 Å². The summed E-state index contributed by atoms with van der Waals surface area (Å²) in [4.78, 5) is 0. The van der Waals surface area contributed by atoms with Crippen molar-refractivity contribution in [2.45, 2.75) is 6.92 Å². The second-order valence-electron chi connectivity index (χ2n) is 1.44. The van der Waals surface area contributed by atoms with Crippen LogP contribution in [0.1, 0.15) is 5.69 Å². The summed E-state index contributed by atoms with van der Waals surface area (Å²) in [5.41, 5.74) is 0.490. The first kappa shape index (κ1) is 5.56. The Bertz CT molecular complexity index is 176. The molecule has 1 aromatic rings. The minimum absolute atomic E-state index is 0.0741. The topological polar surface area (TPSA) is 28.7 Å². The van der Waals surface area contributed by atoms with Gasteiger partial charge in [-0.3, -0.25) is 5.10 Å². The van der Waals surface area contributed by atoms with E-state index in [0.717, 1.165) is 0 Å². The molecule has 0 aromatic carbocycles. The molecule has 1 rings (SSSR count). The van der Waals surface area contributed by atoms with Gasteiger partial charge in [0.2, 0.25) is 5.95 Å². The lowest BCUT2D eigenvalue weighted by atomic mass is 10.5. The highest BCUT2D eigenvalue weighted by Gasteiger charge is 2.03. The van der Waals surface area contributed by atoms with Gasteiger partial charge in [-0.2, -0.15) is 9.49 Å². The van der Waals surface area contributed by atoms with E-state index in [1.165, 1.54) is 0 Å².